The third-order valence-electron chi connectivity index (χ3n) is 5.05. The molecule has 0 bridgehead atoms. The third kappa shape index (κ3) is 5.89. The Morgan fingerprint density at radius 2 is 1.55 bits per heavy atom. The molecule has 6 heteroatoms. The van der Waals surface area contributed by atoms with E-state index in [0.29, 0.717) is 12.1 Å². The molecular formula is C25H27F2N3O. The lowest BCUT2D eigenvalue weighted by molar-refractivity contribution is 0.198. The summed E-state index contributed by atoms with van der Waals surface area (Å²) in [6.07, 6.45) is 0. The monoisotopic (exact) mass is 423 g/mol. The van der Waals surface area contributed by atoms with Crippen LogP contribution in [0.1, 0.15) is 28.3 Å². The van der Waals surface area contributed by atoms with Crippen LogP contribution in [-0.4, -0.2) is 37.0 Å². The molecule has 0 aliphatic rings. The minimum atomic E-state index is -0.376. The van der Waals surface area contributed by atoms with E-state index in [1.807, 2.05) is 49.3 Å². The Balaban J connectivity index is 1.77. The summed E-state index contributed by atoms with van der Waals surface area (Å²) in [6.45, 7) is 0.753. The number of carbonyl (C=O) groups excluding carboxylic acids is 1. The quantitative estimate of drug-likeness (QED) is 0.583. The topological polar surface area (TPSA) is 35.6 Å². The van der Waals surface area contributed by atoms with E-state index in [0.717, 1.165) is 16.7 Å². The van der Waals surface area contributed by atoms with E-state index in [-0.39, 0.29) is 30.3 Å². The van der Waals surface area contributed by atoms with Crippen molar-refractivity contribution in [1.29, 1.82) is 0 Å². The molecule has 1 atom stereocenters. The second kappa shape index (κ2) is 10.2. The van der Waals surface area contributed by atoms with Crippen molar-refractivity contribution in [2.75, 3.05) is 21.1 Å². The van der Waals surface area contributed by atoms with Crippen LogP contribution >= 0.6 is 0 Å². The van der Waals surface area contributed by atoms with Gasteiger partial charge in [0.1, 0.15) is 11.6 Å². The highest BCUT2D eigenvalue weighted by molar-refractivity contribution is 5.75. The maximum atomic E-state index is 14.0. The second-order valence-corrected chi connectivity index (χ2v) is 7.80. The number of benzene rings is 3. The van der Waals surface area contributed by atoms with Gasteiger partial charge in [-0.25, -0.2) is 13.6 Å². The van der Waals surface area contributed by atoms with E-state index in [1.54, 1.807) is 36.2 Å². The molecule has 1 unspecified atom stereocenters. The van der Waals surface area contributed by atoms with Crippen LogP contribution in [0.2, 0.25) is 0 Å². The fourth-order valence-electron chi connectivity index (χ4n) is 3.54. The molecular weight excluding hydrogens is 396 g/mol. The van der Waals surface area contributed by atoms with Gasteiger partial charge >= 0.3 is 6.03 Å². The number of amides is 2. The maximum absolute atomic E-state index is 14.0. The lowest BCUT2D eigenvalue weighted by Crippen LogP contribution is -2.39. The first-order chi connectivity index (χ1) is 14.8. The molecule has 31 heavy (non-hydrogen) atoms. The van der Waals surface area contributed by atoms with Gasteiger partial charge in [-0.05, 0) is 55.1 Å². The van der Waals surface area contributed by atoms with Crippen LogP contribution in [0.15, 0.2) is 72.8 Å². The summed E-state index contributed by atoms with van der Waals surface area (Å²) in [6, 6.07) is 19.9. The molecule has 0 fully saturated rings. The van der Waals surface area contributed by atoms with Crippen LogP contribution in [0.3, 0.4) is 0 Å². The third-order valence-corrected chi connectivity index (χ3v) is 5.05. The second-order valence-electron chi connectivity index (χ2n) is 7.80. The Bertz CT molecular complexity index is 1010. The zero-order valence-electron chi connectivity index (χ0n) is 18.0. The summed E-state index contributed by atoms with van der Waals surface area (Å²) in [7, 11) is 5.46. The number of hydrogen-bond donors (Lipinski definition) is 1. The molecule has 4 nitrogen and oxygen atoms in total. The Morgan fingerprint density at radius 1 is 0.903 bits per heavy atom. The van der Waals surface area contributed by atoms with E-state index in [2.05, 4.69) is 5.32 Å². The highest BCUT2D eigenvalue weighted by atomic mass is 19.1. The minimum Gasteiger partial charge on any atom is -0.334 e. The smallest absolute Gasteiger partial charge is 0.318 e. The van der Waals surface area contributed by atoms with Crippen molar-refractivity contribution in [3.8, 4) is 0 Å². The lowest BCUT2D eigenvalue weighted by atomic mass is 9.97. The highest BCUT2D eigenvalue weighted by Crippen LogP contribution is 2.28. The number of rotatable bonds is 7. The molecule has 0 aromatic heterocycles. The molecule has 0 saturated heterocycles. The number of nitrogens with one attached hydrogen (secondary N) is 1. The standard InChI is InChI=1S/C25H27F2N3O/c1-29(2)17-21-15-18(9-14-23(21)27)16-28-25(31)30(3)24(19-7-5-4-6-8-19)20-10-12-22(26)13-11-20/h4-15,24H,16-17H2,1-3H3,(H,28,31). The van der Waals surface area contributed by atoms with Gasteiger partial charge in [-0.2, -0.15) is 0 Å². The number of carbonyl (C=O) groups is 1. The zero-order valence-corrected chi connectivity index (χ0v) is 18.0. The van der Waals surface area contributed by atoms with E-state index in [1.165, 1.54) is 18.2 Å². The van der Waals surface area contributed by atoms with Crippen molar-refractivity contribution in [1.82, 2.24) is 15.1 Å². The van der Waals surface area contributed by atoms with Crippen molar-refractivity contribution < 1.29 is 13.6 Å². The molecule has 1 N–H and O–H groups in total. The fraction of sp³-hybridized carbons (Fsp3) is 0.240. The normalized spacial score (nSPS) is 11.9. The number of hydrogen-bond acceptors (Lipinski definition) is 2. The molecule has 3 aromatic carbocycles. The van der Waals surface area contributed by atoms with Gasteiger partial charge in [0, 0.05) is 25.7 Å². The van der Waals surface area contributed by atoms with Gasteiger partial charge in [-0.15, -0.1) is 0 Å². The Kier molecular flexibility index (Phi) is 7.36. The summed E-state index contributed by atoms with van der Waals surface area (Å²) < 4.78 is 27.5. The van der Waals surface area contributed by atoms with Crippen LogP contribution in [0.5, 0.6) is 0 Å². The SMILES string of the molecule is CN(C)Cc1cc(CNC(=O)N(C)C(c2ccccc2)c2ccc(F)cc2)ccc1F. The van der Waals surface area contributed by atoms with Gasteiger partial charge < -0.3 is 15.1 Å². The van der Waals surface area contributed by atoms with Crippen LogP contribution in [0.25, 0.3) is 0 Å². The molecule has 162 valence electrons. The Hall–Kier alpha value is -3.25. The number of urea groups is 1. The van der Waals surface area contributed by atoms with Crippen LogP contribution < -0.4 is 5.32 Å². The highest BCUT2D eigenvalue weighted by Gasteiger charge is 2.23. The van der Waals surface area contributed by atoms with Crippen LogP contribution in [0.4, 0.5) is 13.6 Å². The minimum absolute atomic E-state index is 0.263. The molecule has 3 aromatic rings. The summed E-state index contributed by atoms with van der Waals surface area (Å²) in [5, 5.41) is 2.91. The van der Waals surface area contributed by atoms with Gasteiger partial charge in [-0.3, -0.25) is 0 Å². The number of halogens is 2. The summed E-state index contributed by atoms with van der Waals surface area (Å²) >= 11 is 0. The van der Waals surface area contributed by atoms with Crippen LogP contribution in [-0.2, 0) is 13.1 Å². The van der Waals surface area contributed by atoms with Gasteiger partial charge in [-0.1, -0.05) is 48.5 Å². The van der Waals surface area contributed by atoms with Gasteiger partial charge in [0.05, 0.1) is 6.04 Å². The average Bonchev–Trinajstić information content (AvgIpc) is 2.76. The lowest BCUT2D eigenvalue weighted by Gasteiger charge is -2.29. The summed E-state index contributed by atoms with van der Waals surface area (Å²) in [5.41, 5.74) is 3.12. The fourth-order valence-corrected chi connectivity index (χ4v) is 3.54. The Labute approximate surface area is 182 Å². The van der Waals surface area contributed by atoms with Crippen molar-refractivity contribution >= 4 is 6.03 Å². The summed E-state index contributed by atoms with van der Waals surface area (Å²) in [4.78, 5) is 16.4. The zero-order chi connectivity index (χ0) is 22.4. The van der Waals surface area contributed by atoms with Gasteiger partial charge in [0.15, 0.2) is 0 Å². The molecule has 2 amide bonds. The van der Waals surface area contributed by atoms with Crippen molar-refractivity contribution in [2.45, 2.75) is 19.1 Å². The summed E-state index contributed by atoms with van der Waals surface area (Å²) in [5.74, 6) is -0.589. The molecule has 0 radical (unpaired) electrons. The van der Waals surface area contributed by atoms with E-state index < -0.39 is 0 Å². The predicted octanol–water partition coefficient (Wildman–Crippen LogP) is 4.96. The van der Waals surface area contributed by atoms with Gasteiger partial charge in [0.2, 0.25) is 0 Å². The molecule has 0 aliphatic carbocycles. The first-order valence-electron chi connectivity index (χ1n) is 10.1. The largest absolute Gasteiger partial charge is 0.334 e. The maximum Gasteiger partial charge on any atom is 0.318 e. The Morgan fingerprint density at radius 3 is 2.19 bits per heavy atom. The average molecular weight is 424 g/mol. The first kappa shape index (κ1) is 22.4. The first-order valence-corrected chi connectivity index (χ1v) is 10.1. The van der Waals surface area contributed by atoms with Crippen molar-refractivity contribution in [3.63, 3.8) is 0 Å². The van der Waals surface area contributed by atoms with Crippen molar-refractivity contribution in [3.05, 3.63) is 107 Å². The van der Waals surface area contributed by atoms with E-state index in [9.17, 15) is 13.6 Å². The number of nitrogens with zero attached hydrogens (tertiary/aromatic N) is 2. The predicted molar refractivity (Wildman–Crippen MR) is 118 cm³/mol. The van der Waals surface area contributed by atoms with Crippen molar-refractivity contribution in [2.24, 2.45) is 0 Å². The van der Waals surface area contributed by atoms with E-state index >= 15 is 0 Å². The molecule has 0 aliphatic heterocycles. The molecule has 3 rings (SSSR count). The molecule has 0 spiro atoms. The van der Waals surface area contributed by atoms with E-state index in [4.69, 9.17) is 0 Å². The molecule has 0 heterocycles. The van der Waals surface area contributed by atoms with Gasteiger partial charge in [0.25, 0.3) is 0 Å². The van der Waals surface area contributed by atoms with Crippen LogP contribution in [0, 0.1) is 11.6 Å². The molecule has 0 saturated carbocycles.